The van der Waals surface area contributed by atoms with Crippen LogP contribution in [-0.4, -0.2) is 19.0 Å². The maximum absolute atomic E-state index is 14.2. The highest BCUT2D eigenvalue weighted by atomic mass is 79.9. The maximum Gasteiger partial charge on any atom is 0.196 e. The Balaban J connectivity index is 1.58. The topological polar surface area (TPSA) is 47.8 Å². The van der Waals surface area contributed by atoms with Crippen molar-refractivity contribution in [3.63, 3.8) is 0 Å². The average Bonchev–Trinajstić information content (AvgIpc) is 3.17. The minimum absolute atomic E-state index is 0.249. The highest BCUT2D eigenvalue weighted by Crippen LogP contribution is 2.30. The Morgan fingerprint density at radius 3 is 2.44 bits per heavy atom. The number of hydrogen-bond donors (Lipinski definition) is 0. The van der Waals surface area contributed by atoms with E-state index in [2.05, 4.69) is 26.1 Å². The molecule has 4 nitrogen and oxygen atoms in total. The molecule has 9 heteroatoms. The van der Waals surface area contributed by atoms with Gasteiger partial charge in [-0.15, -0.1) is 10.2 Å². The van der Waals surface area contributed by atoms with E-state index in [9.17, 15) is 8.60 Å². The summed E-state index contributed by atoms with van der Waals surface area (Å²) in [4.78, 5) is 0. The van der Waals surface area contributed by atoms with Gasteiger partial charge in [-0.3, -0.25) is 8.78 Å². The minimum atomic E-state index is -1.18. The normalized spacial score (nSPS) is 12.1. The first-order valence-electron chi connectivity index (χ1n) is 9.66. The van der Waals surface area contributed by atoms with Crippen molar-refractivity contribution in [2.75, 3.05) is 0 Å². The van der Waals surface area contributed by atoms with Gasteiger partial charge in [0.15, 0.2) is 11.0 Å². The molecule has 4 rings (SSSR count). The molecule has 0 bridgehead atoms. The molecule has 0 saturated carbocycles. The summed E-state index contributed by atoms with van der Waals surface area (Å²) >= 11 is 10.9. The molecule has 0 unspecified atom stereocenters. The number of nitrogens with zero attached hydrogens (tertiary/aromatic N) is 3. The number of halogens is 3. The third kappa shape index (κ3) is 5.67. The molecule has 1 heterocycles. The Morgan fingerprint density at radius 1 is 0.969 bits per heavy atom. The first-order valence-corrected chi connectivity index (χ1v) is 13.3. The van der Waals surface area contributed by atoms with Gasteiger partial charge in [-0.25, -0.2) is 4.39 Å². The average molecular weight is 551 g/mol. The van der Waals surface area contributed by atoms with Crippen LogP contribution in [0.25, 0.3) is 5.69 Å². The van der Waals surface area contributed by atoms with Crippen LogP contribution in [0.1, 0.15) is 17.0 Å². The van der Waals surface area contributed by atoms with Crippen molar-refractivity contribution in [1.82, 2.24) is 14.8 Å². The lowest BCUT2D eigenvalue weighted by Gasteiger charge is -2.11. The lowest BCUT2D eigenvalue weighted by Crippen LogP contribution is -2.07. The molecule has 1 atom stereocenters. The van der Waals surface area contributed by atoms with Gasteiger partial charge in [0, 0.05) is 43.1 Å². The first kappa shape index (κ1) is 23.2. The molecular formula is C23H18BrClFN3OS2. The fourth-order valence-electron chi connectivity index (χ4n) is 3.09. The summed E-state index contributed by atoms with van der Waals surface area (Å²) in [5.41, 5.74) is 2.26. The Labute approximate surface area is 205 Å². The molecule has 0 aliphatic rings. The minimum Gasteiger partial charge on any atom is -0.273 e. The van der Waals surface area contributed by atoms with Gasteiger partial charge in [0.05, 0.1) is 5.75 Å². The number of hydrogen-bond acceptors (Lipinski definition) is 4. The van der Waals surface area contributed by atoms with E-state index in [1.54, 1.807) is 12.1 Å². The van der Waals surface area contributed by atoms with Crippen LogP contribution in [-0.2, 0) is 28.1 Å². The predicted molar refractivity (Wildman–Crippen MR) is 132 cm³/mol. The number of benzene rings is 3. The van der Waals surface area contributed by atoms with Gasteiger partial charge in [-0.05, 0) is 42.0 Å². The molecule has 164 valence electrons. The van der Waals surface area contributed by atoms with E-state index >= 15 is 0 Å². The van der Waals surface area contributed by atoms with Gasteiger partial charge in [0.1, 0.15) is 5.82 Å². The number of thioether (sulfide) groups is 1. The lowest BCUT2D eigenvalue weighted by molar-refractivity contribution is 0.617. The lowest BCUT2D eigenvalue weighted by atomic mass is 10.2. The fraction of sp³-hybridized carbons (Fsp3) is 0.130. The van der Waals surface area contributed by atoms with E-state index in [-0.39, 0.29) is 11.6 Å². The number of para-hydroxylation sites is 1. The molecular weight excluding hydrogens is 533 g/mol. The molecule has 0 spiro atoms. The van der Waals surface area contributed by atoms with E-state index in [1.165, 1.54) is 17.8 Å². The summed E-state index contributed by atoms with van der Waals surface area (Å²) in [6.45, 7) is 0. The van der Waals surface area contributed by atoms with Crippen LogP contribution in [0.5, 0.6) is 0 Å². The molecule has 1 aromatic heterocycles. The Kier molecular flexibility index (Phi) is 7.78. The molecule has 0 aliphatic carbocycles. The van der Waals surface area contributed by atoms with Gasteiger partial charge < -0.3 is 0 Å². The summed E-state index contributed by atoms with van der Waals surface area (Å²) in [7, 11) is -1.18. The zero-order valence-electron chi connectivity index (χ0n) is 16.7. The molecule has 0 fully saturated rings. The number of rotatable bonds is 8. The van der Waals surface area contributed by atoms with Gasteiger partial charge in [0.25, 0.3) is 0 Å². The molecule has 0 N–H and O–H groups in total. The van der Waals surface area contributed by atoms with Crippen LogP contribution in [0.3, 0.4) is 0 Å². The fourth-order valence-corrected chi connectivity index (χ4v) is 5.81. The van der Waals surface area contributed by atoms with E-state index in [4.69, 9.17) is 11.6 Å². The van der Waals surface area contributed by atoms with Crippen LogP contribution in [0.4, 0.5) is 4.39 Å². The predicted octanol–water partition coefficient (Wildman–Crippen LogP) is 6.56. The molecule has 0 amide bonds. The van der Waals surface area contributed by atoms with Crippen molar-refractivity contribution in [3.05, 3.63) is 105 Å². The molecule has 4 aromatic rings. The second-order valence-corrected chi connectivity index (χ2v) is 10.6. The largest absolute Gasteiger partial charge is 0.273 e. The van der Waals surface area contributed by atoms with Crippen LogP contribution in [0.2, 0.25) is 5.02 Å². The van der Waals surface area contributed by atoms with Gasteiger partial charge in [-0.1, -0.05) is 75.7 Å². The van der Waals surface area contributed by atoms with E-state index in [1.807, 2.05) is 59.2 Å². The van der Waals surface area contributed by atoms with Crippen molar-refractivity contribution in [2.45, 2.75) is 22.4 Å². The van der Waals surface area contributed by atoms with Crippen molar-refractivity contribution in [3.8, 4) is 5.69 Å². The van der Waals surface area contributed by atoms with Crippen LogP contribution in [0.15, 0.2) is 82.4 Å². The third-order valence-corrected chi connectivity index (χ3v) is 7.73. The summed E-state index contributed by atoms with van der Waals surface area (Å²) in [5.74, 6) is 1.21. The number of aromatic nitrogens is 3. The summed E-state index contributed by atoms with van der Waals surface area (Å²) in [5, 5.41) is 9.58. The van der Waals surface area contributed by atoms with Crippen LogP contribution >= 0.6 is 39.3 Å². The van der Waals surface area contributed by atoms with Gasteiger partial charge in [-0.2, -0.15) is 0 Å². The molecule has 0 saturated heterocycles. The zero-order valence-corrected chi connectivity index (χ0v) is 20.7. The molecule has 0 radical (unpaired) electrons. The zero-order chi connectivity index (χ0) is 22.5. The summed E-state index contributed by atoms with van der Waals surface area (Å²) < 4.78 is 29.9. The quantitative estimate of drug-likeness (QED) is 0.233. The van der Waals surface area contributed by atoms with Gasteiger partial charge >= 0.3 is 0 Å². The van der Waals surface area contributed by atoms with E-state index < -0.39 is 10.8 Å². The first-order chi connectivity index (χ1) is 15.5. The third-order valence-electron chi connectivity index (χ3n) is 4.65. The second kappa shape index (κ2) is 10.7. The van der Waals surface area contributed by atoms with Crippen molar-refractivity contribution >= 4 is 50.1 Å². The standard InChI is InChI=1S/C23H18BrClFN3OS2/c24-17-11-9-16(10-12-17)14-32(30)15-22-27-28-23(29(22)18-5-2-1-3-6-18)31-13-19-20(25)7-4-8-21(19)26/h1-12H,13-15H2/t32-/m0/s1. The summed E-state index contributed by atoms with van der Waals surface area (Å²) in [6.07, 6.45) is 0. The van der Waals surface area contributed by atoms with Crippen LogP contribution < -0.4 is 0 Å². The molecule has 32 heavy (non-hydrogen) atoms. The van der Waals surface area contributed by atoms with Gasteiger partial charge in [0.2, 0.25) is 0 Å². The Bertz CT molecular complexity index is 1220. The van der Waals surface area contributed by atoms with Crippen molar-refractivity contribution in [1.29, 1.82) is 0 Å². The molecule has 3 aromatic carbocycles. The highest BCUT2D eigenvalue weighted by molar-refractivity contribution is 9.10. The molecule has 0 aliphatic heterocycles. The van der Waals surface area contributed by atoms with E-state index in [0.717, 1.165) is 15.7 Å². The highest BCUT2D eigenvalue weighted by Gasteiger charge is 2.18. The second-order valence-electron chi connectivity index (χ2n) is 6.91. The van der Waals surface area contributed by atoms with E-state index in [0.29, 0.717) is 33.1 Å². The monoisotopic (exact) mass is 549 g/mol. The summed E-state index contributed by atoms with van der Waals surface area (Å²) in [6, 6.07) is 22.0. The maximum atomic E-state index is 14.2. The Morgan fingerprint density at radius 2 is 1.72 bits per heavy atom. The Hall–Kier alpha value is -2.00. The van der Waals surface area contributed by atoms with Crippen molar-refractivity contribution < 1.29 is 8.60 Å². The smallest absolute Gasteiger partial charge is 0.196 e. The van der Waals surface area contributed by atoms with Crippen molar-refractivity contribution in [2.24, 2.45) is 0 Å². The SMILES string of the molecule is O=[S@@](Cc1ccc(Br)cc1)Cc1nnc(SCc2c(F)cccc2Cl)n1-c1ccccc1. The van der Waals surface area contributed by atoms with Crippen LogP contribution in [0, 0.1) is 5.82 Å².